The molecule has 1 fully saturated rings. The van der Waals surface area contributed by atoms with E-state index in [0.717, 1.165) is 11.1 Å². The van der Waals surface area contributed by atoms with Crippen LogP contribution in [0.1, 0.15) is 29.5 Å². The third-order valence-electron chi connectivity index (χ3n) is 4.52. The molecule has 5 heteroatoms. The van der Waals surface area contributed by atoms with E-state index in [0.29, 0.717) is 37.4 Å². The summed E-state index contributed by atoms with van der Waals surface area (Å²) in [6.45, 7) is 3.12. The summed E-state index contributed by atoms with van der Waals surface area (Å²) >= 11 is 0. The third-order valence-corrected chi connectivity index (χ3v) is 4.52. The number of rotatable bonds is 3. The molecule has 0 spiro atoms. The van der Waals surface area contributed by atoms with E-state index in [9.17, 15) is 4.79 Å². The number of nitrogens with zero attached hydrogens (tertiary/aromatic N) is 2. The highest BCUT2D eigenvalue weighted by molar-refractivity contribution is 5.98. The van der Waals surface area contributed by atoms with Crippen LogP contribution in [0.5, 0.6) is 0 Å². The molecule has 5 nitrogen and oxygen atoms in total. The van der Waals surface area contributed by atoms with Gasteiger partial charge in [-0.25, -0.2) is 4.98 Å². The Morgan fingerprint density at radius 1 is 1.25 bits per heavy atom. The van der Waals surface area contributed by atoms with E-state index in [1.165, 1.54) is 6.20 Å². The molecule has 1 saturated heterocycles. The minimum atomic E-state index is -0.629. The van der Waals surface area contributed by atoms with Crippen LogP contribution in [0.15, 0.2) is 42.6 Å². The number of hydrogen-bond acceptors (Lipinski definition) is 4. The summed E-state index contributed by atoms with van der Waals surface area (Å²) < 4.78 is 5.47. The van der Waals surface area contributed by atoms with Gasteiger partial charge in [-0.15, -0.1) is 0 Å². The van der Waals surface area contributed by atoms with Gasteiger partial charge in [0.15, 0.2) is 0 Å². The number of amides is 1. The molecule has 1 N–H and O–H groups in total. The van der Waals surface area contributed by atoms with Crippen LogP contribution >= 0.6 is 0 Å². The number of pyridine rings is 1. The summed E-state index contributed by atoms with van der Waals surface area (Å²) in [6.07, 6.45) is 2.77. The molecule has 0 atom stereocenters. The molecule has 0 radical (unpaired) electrons. The molecule has 0 aliphatic carbocycles. The molecular weight excluding hydrogens is 302 g/mol. The normalized spacial score (nSPS) is 16.2. The number of nitriles is 1. The first-order valence-electron chi connectivity index (χ1n) is 7.96. The van der Waals surface area contributed by atoms with Gasteiger partial charge < -0.3 is 10.1 Å². The fraction of sp³-hybridized carbons (Fsp3) is 0.316. The summed E-state index contributed by atoms with van der Waals surface area (Å²) in [5, 5.41) is 11.9. The number of carbonyl (C=O) groups is 1. The highest BCUT2D eigenvalue weighted by Gasteiger charge is 2.41. The van der Waals surface area contributed by atoms with Crippen molar-refractivity contribution in [2.75, 3.05) is 18.5 Å². The predicted molar refractivity (Wildman–Crippen MR) is 90.5 cm³/mol. The van der Waals surface area contributed by atoms with Crippen LogP contribution in [0.4, 0.5) is 5.82 Å². The van der Waals surface area contributed by atoms with Gasteiger partial charge in [-0.2, -0.15) is 5.26 Å². The molecule has 122 valence electrons. The van der Waals surface area contributed by atoms with Crippen LogP contribution in [-0.2, 0) is 14.9 Å². The van der Waals surface area contributed by atoms with Gasteiger partial charge in [0.05, 0.1) is 17.0 Å². The van der Waals surface area contributed by atoms with Gasteiger partial charge in [0.25, 0.3) is 0 Å². The largest absolute Gasteiger partial charge is 0.381 e. The molecule has 1 aromatic heterocycles. The Morgan fingerprint density at radius 2 is 1.96 bits per heavy atom. The Morgan fingerprint density at radius 3 is 2.62 bits per heavy atom. The lowest BCUT2D eigenvalue weighted by Crippen LogP contribution is -2.45. The second-order valence-corrected chi connectivity index (χ2v) is 6.06. The zero-order valence-corrected chi connectivity index (χ0v) is 13.6. The van der Waals surface area contributed by atoms with Gasteiger partial charge in [-0.1, -0.05) is 29.8 Å². The van der Waals surface area contributed by atoms with Crippen LogP contribution < -0.4 is 5.32 Å². The van der Waals surface area contributed by atoms with Crippen molar-refractivity contribution in [1.82, 2.24) is 4.98 Å². The molecule has 2 heterocycles. The number of hydrogen-bond donors (Lipinski definition) is 1. The number of benzene rings is 1. The molecule has 24 heavy (non-hydrogen) atoms. The van der Waals surface area contributed by atoms with E-state index < -0.39 is 5.41 Å². The second kappa shape index (κ2) is 6.81. The predicted octanol–water partition coefficient (Wildman–Crippen LogP) is 2.95. The van der Waals surface area contributed by atoms with Crippen LogP contribution in [0.3, 0.4) is 0 Å². The molecule has 0 unspecified atom stereocenters. The Kier molecular flexibility index (Phi) is 4.59. The average molecular weight is 321 g/mol. The Labute approximate surface area is 141 Å². The second-order valence-electron chi connectivity index (χ2n) is 6.06. The molecule has 0 bridgehead atoms. The van der Waals surface area contributed by atoms with Crippen LogP contribution in [0, 0.1) is 18.3 Å². The first-order valence-corrected chi connectivity index (χ1v) is 7.96. The minimum absolute atomic E-state index is 0.0998. The first kappa shape index (κ1) is 16.2. The van der Waals surface area contributed by atoms with E-state index in [-0.39, 0.29) is 5.91 Å². The van der Waals surface area contributed by atoms with E-state index in [4.69, 9.17) is 10.00 Å². The van der Waals surface area contributed by atoms with Crippen molar-refractivity contribution in [3.63, 3.8) is 0 Å². The van der Waals surface area contributed by atoms with Crippen molar-refractivity contribution >= 4 is 11.7 Å². The molecule has 3 rings (SSSR count). The number of nitrogens with one attached hydrogen (secondary N) is 1. The highest BCUT2D eigenvalue weighted by atomic mass is 16.5. The van der Waals surface area contributed by atoms with E-state index >= 15 is 0 Å². The molecule has 0 saturated carbocycles. The number of aromatic nitrogens is 1. The molecule has 2 aromatic rings. The van der Waals surface area contributed by atoms with E-state index in [1.807, 2.05) is 31.2 Å². The standard InChI is InChI=1S/C19H19N3O2/c1-14-2-4-16(5-3-14)19(7-10-24-11-8-19)18(23)22-17-12-15(13-20)6-9-21-17/h2-6,9,12H,7-8,10-11H2,1H3,(H,21,22,23). The number of carbonyl (C=O) groups excluding carboxylic acids is 1. The van der Waals surface area contributed by atoms with Gasteiger partial charge in [0, 0.05) is 19.4 Å². The summed E-state index contributed by atoms with van der Waals surface area (Å²) in [4.78, 5) is 17.2. The Hall–Kier alpha value is -2.71. The molecule has 1 aliphatic rings. The summed E-state index contributed by atoms with van der Waals surface area (Å²) in [7, 11) is 0. The fourth-order valence-electron chi connectivity index (χ4n) is 3.04. The molecule has 1 aliphatic heterocycles. The van der Waals surface area contributed by atoms with Gasteiger partial charge in [0.2, 0.25) is 5.91 Å². The third kappa shape index (κ3) is 3.15. The highest BCUT2D eigenvalue weighted by Crippen LogP contribution is 2.36. The zero-order valence-electron chi connectivity index (χ0n) is 13.6. The minimum Gasteiger partial charge on any atom is -0.381 e. The zero-order chi connectivity index (χ0) is 17.0. The number of aryl methyl sites for hydroxylation is 1. The van der Waals surface area contributed by atoms with Gasteiger partial charge >= 0.3 is 0 Å². The maximum absolute atomic E-state index is 13.1. The lowest BCUT2D eigenvalue weighted by atomic mass is 9.73. The van der Waals surface area contributed by atoms with Crippen molar-refractivity contribution < 1.29 is 9.53 Å². The van der Waals surface area contributed by atoms with Crippen molar-refractivity contribution in [3.8, 4) is 6.07 Å². The maximum atomic E-state index is 13.1. The van der Waals surface area contributed by atoms with Gasteiger partial charge in [-0.3, -0.25) is 4.79 Å². The van der Waals surface area contributed by atoms with Crippen molar-refractivity contribution in [3.05, 3.63) is 59.3 Å². The van der Waals surface area contributed by atoms with E-state index in [2.05, 4.69) is 16.4 Å². The van der Waals surface area contributed by atoms with Crippen molar-refractivity contribution in [2.24, 2.45) is 0 Å². The van der Waals surface area contributed by atoms with Crippen LogP contribution in [0.25, 0.3) is 0 Å². The monoisotopic (exact) mass is 321 g/mol. The summed E-state index contributed by atoms with van der Waals surface area (Å²) in [5.74, 6) is 0.300. The fourth-order valence-corrected chi connectivity index (χ4v) is 3.04. The van der Waals surface area contributed by atoms with Gasteiger partial charge in [-0.05, 0) is 37.5 Å². The van der Waals surface area contributed by atoms with Crippen LogP contribution in [0.2, 0.25) is 0 Å². The quantitative estimate of drug-likeness (QED) is 0.943. The van der Waals surface area contributed by atoms with Crippen molar-refractivity contribution in [2.45, 2.75) is 25.2 Å². The number of ether oxygens (including phenoxy) is 1. The van der Waals surface area contributed by atoms with Gasteiger partial charge in [0.1, 0.15) is 5.82 Å². The summed E-state index contributed by atoms with van der Waals surface area (Å²) in [6, 6.07) is 13.3. The van der Waals surface area contributed by atoms with Crippen LogP contribution in [-0.4, -0.2) is 24.1 Å². The average Bonchev–Trinajstić information content (AvgIpc) is 2.63. The topological polar surface area (TPSA) is 75.0 Å². The SMILES string of the molecule is Cc1ccc(C2(C(=O)Nc3cc(C#N)ccn3)CCOCC2)cc1. The Bertz CT molecular complexity index is 772. The van der Waals surface area contributed by atoms with Crippen molar-refractivity contribution in [1.29, 1.82) is 5.26 Å². The lowest BCUT2D eigenvalue weighted by molar-refractivity contribution is -0.125. The smallest absolute Gasteiger partial charge is 0.236 e. The van der Waals surface area contributed by atoms with E-state index in [1.54, 1.807) is 12.1 Å². The molecule has 1 aromatic carbocycles. The molecule has 1 amide bonds. The Balaban J connectivity index is 1.92. The lowest BCUT2D eigenvalue weighted by Gasteiger charge is -2.36. The molecular formula is C19H19N3O2. The maximum Gasteiger partial charge on any atom is 0.236 e. The number of anilines is 1. The first-order chi connectivity index (χ1) is 11.6. The summed E-state index contributed by atoms with van der Waals surface area (Å²) in [5.41, 5.74) is 1.99.